The van der Waals surface area contributed by atoms with E-state index in [1.54, 1.807) is 4.68 Å². The highest BCUT2D eigenvalue weighted by atomic mass is 19.1. The summed E-state index contributed by atoms with van der Waals surface area (Å²) in [4.78, 5) is 11.2. The van der Waals surface area contributed by atoms with Crippen molar-refractivity contribution in [3.63, 3.8) is 0 Å². The molecule has 0 aliphatic rings. The van der Waals surface area contributed by atoms with Gasteiger partial charge in [0, 0.05) is 38.8 Å². The van der Waals surface area contributed by atoms with Crippen LogP contribution in [0.25, 0.3) is 0 Å². The van der Waals surface area contributed by atoms with E-state index < -0.39 is 6.67 Å². The highest BCUT2D eigenvalue weighted by molar-refractivity contribution is 5.75. The highest BCUT2D eigenvalue weighted by Gasteiger charge is 2.01. The predicted octanol–water partition coefficient (Wildman–Crippen LogP) is -1.63. The third kappa shape index (κ3) is 16.6. The number of nitrogens with zero attached hydrogens (tertiary/aromatic N) is 3. The van der Waals surface area contributed by atoms with Gasteiger partial charge in [-0.2, -0.15) is 0 Å². The third-order valence-electron chi connectivity index (χ3n) is 3.81. The maximum Gasteiger partial charge on any atom is 0.222 e. The average molecular weight is 450 g/mol. The Morgan fingerprint density at radius 2 is 1.61 bits per heavy atom. The van der Waals surface area contributed by atoms with E-state index in [2.05, 4.69) is 26.4 Å². The Morgan fingerprint density at radius 1 is 0.968 bits per heavy atom. The maximum atomic E-state index is 11.9. The number of rotatable bonds is 22. The minimum absolute atomic E-state index is 0.0439. The zero-order valence-electron chi connectivity index (χ0n) is 18.0. The number of amides is 1. The van der Waals surface area contributed by atoms with Crippen molar-refractivity contribution >= 4 is 5.91 Å². The summed E-state index contributed by atoms with van der Waals surface area (Å²) in [6, 6.07) is 0. The summed E-state index contributed by atoms with van der Waals surface area (Å²) in [5.41, 5.74) is 3.44. The number of carbonyl (C=O) groups excluding carboxylic acids is 1. The van der Waals surface area contributed by atoms with Crippen LogP contribution in [0.4, 0.5) is 4.39 Å². The monoisotopic (exact) mass is 449 g/mol. The van der Waals surface area contributed by atoms with Crippen LogP contribution in [0.3, 0.4) is 0 Å². The number of hydrogen-bond donors (Lipinski definition) is 4. The number of nitrogens with one attached hydrogen (secondary N) is 3. The summed E-state index contributed by atoms with van der Waals surface area (Å²) >= 11 is 0. The molecule has 0 aliphatic heterocycles. The molecule has 13 heteroatoms. The van der Waals surface area contributed by atoms with Crippen LogP contribution >= 0.6 is 0 Å². The fourth-order valence-electron chi connectivity index (χ4n) is 2.27. The van der Waals surface area contributed by atoms with Crippen molar-refractivity contribution in [2.24, 2.45) is 5.84 Å². The van der Waals surface area contributed by atoms with Crippen LogP contribution in [0, 0.1) is 0 Å². The number of alkyl halides is 1. The van der Waals surface area contributed by atoms with Crippen molar-refractivity contribution in [3.8, 4) is 0 Å². The normalized spacial score (nSPS) is 11.2. The molecule has 1 aromatic rings. The van der Waals surface area contributed by atoms with Crippen molar-refractivity contribution in [2.45, 2.75) is 19.5 Å². The zero-order chi connectivity index (χ0) is 22.4. The van der Waals surface area contributed by atoms with E-state index in [-0.39, 0.29) is 25.5 Å². The van der Waals surface area contributed by atoms with E-state index in [4.69, 9.17) is 24.8 Å². The Hall–Kier alpha value is -1.74. The van der Waals surface area contributed by atoms with Crippen molar-refractivity contribution in [2.75, 3.05) is 79.2 Å². The molecule has 0 aliphatic carbocycles. The van der Waals surface area contributed by atoms with Gasteiger partial charge in [0.1, 0.15) is 6.67 Å². The minimum Gasteiger partial charge on any atom is -0.379 e. The quantitative estimate of drug-likeness (QED) is 0.0924. The van der Waals surface area contributed by atoms with Crippen LogP contribution in [0.2, 0.25) is 0 Å². The molecular weight excluding hydrogens is 413 g/mol. The Balaban J connectivity index is 1.81. The van der Waals surface area contributed by atoms with Gasteiger partial charge >= 0.3 is 0 Å². The van der Waals surface area contributed by atoms with Crippen LogP contribution in [0.15, 0.2) is 6.20 Å². The molecule has 5 N–H and O–H groups in total. The molecule has 1 amide bonds. The first-order valence-corrected chi connectivity index (χ1v) is 10.4. The summed E-state index contributed by atoms with van der Waals surface area (Å²) in [7, 11) is 0. The topological polar surface area (TPSA) is 147 Å². The number of halogens is 1. The fourth-order valence-corrected chi connectivity index (χ4v) is 2.27. The molecule has 0 atom stereocenters. The van der Waals surface area contributed by atoms with Gasteiger partial charge in [0.2, 0.25) is 5.91 Å². The molecule has 0 bridgehead atoms. The maximum absolute atomic E-state index is 11.9. The number of aromatic nitrogens is 3. The molecule has 31 heavy (non-hydrogen) atoms. The second kappa shape index (κ2) is 20.2. The predicted molar refractivity (Wildman–Crippen MR) is 111 cm³/mol. The van der Waals surface area contributed by atoms with E-state index in [9.17, 15) is 9.18 Å². The second-order valence-electron chi connectivity index (χ2n) is 6.34. The second-order valence-corrected chi connectivity index (χ2v) is 6.34. The molecule has 0 unspecified atom stereocenters. The van der Waals surface area contributed by atoms with Gasteiger partial charge in [-0.15, -0.1) is 5.10 Å². The number of hydrazine groups is 1. The van der Waals surface area contributed by atoms with E-state index in [0.29, 0.717) is 65.9 Å². The lowest BCUT2D eigenvalue weighted by atomic mass is 10.4. The van der Waals surface area contributed by atoms with Gasteiger partial charge in [-0.3, -0.25) is 16.1 Å². The molecule has 12 nitrogen and oxygen atoms in total. The van der Waals surface area contributed by atoms with E-state index in [1.807, 2.05) is 6.20 Å². The molecule has 1 heterocycles. The largest absolute Gasteiger partial charge is 0.379 e. The zero-order valence-corrected chi connectivity index (χ0v) is 18.0. The molecule has 0 saturated heterocycles. The van der Waals surface area contributed by atoms with Gasteiger partial charge in [-0.05, 0) is 0 Å². The highest BCUT2D eigenvalue weighted by Crippen LogP contribution is 1.93. The summed E-state index contributed by atoms with van der Waals surface area (Å²) in [5, 5.41) is 13.7. The molecule has 0 fully saturated rings. The SMILES string of the molecule is NNCCNCc1cn(CCOCCOCCOCCOCCC(=O)NCCF)nn1. The van der Waals surface area contributed by atoms with Gasteiger partial charge in [-0.1, -0.05) is 5.21 Å². The van der Waals surface area contributed by atoms with Gasteiger partial charge in [-0.25, -0.2) is 9.07 Å². The van der Waals surface area contributed by atoms with E-state index in [1.165, 1.54) is 0 Å². The lowest BCUT2D eigenvalue weighted by Gasteiger charge is -2.07. The summed E-state index contributed by atoms with van der Waals surface area (Å²) in [6.07, 6.45) is 2.09. The van der Waals surface area contributed by atoms with Gasteiger partial charge in [0.05, 0.1) is 65.1 Å². The average Bonchev–Trinajstić information content (AvgIpc) is 3.23. The molecule has 1 aromatic heterocycles. The standard InChI is InChI=1S/C18H36FN7O5/c19-2-3-22-18(27)1-7-28-9-11-30-13-14-31-12-10-29-8-6-26-16-17(24-25-26)15-21-4-5-23-20/h16,21,23H,1-15,20H2,(H,22,27). The Kier molecular flexibility index (Phi) is 17.8. The molecule has 0 radical (unpaired) electrons. The van der Waals surface area contributed by atoms with Crippen LogP contribution in [-0.4, -0.2) is 100 Å². The van der Waals surface area contributed by atoms with Gasteiger partial charge in [0.25, 0.3) is 0 Å². The first-order valence-electron chi connectivity index (χ1n) is 10.4. The van der Waals surface area contributed by atoms with Gasteiger partial charge < -0.3 is 29.6 Å². The van der Waals surface area contributed by atoms with Crippen LogP contribution in [0.1, 0.15) is 12.1 Å². The molecule has 0 aromatic carbocycles. The van der Waals surface area contributed by atoms with Crippen molar-refractivity contribution in [1.29, 1.82) is 0 Å². The number of hydrogen-bond acceptors (Lipinski definition) is 10. The van der Waals surface area contributed by atoms with E-state index in [0.717, 1.165) is 12.2 Å². The third-order valence-corrected chi connectivity index (χ3v) is 3.81. The summed E-state index contributed by atoms with van der Waals surface area (Å²) in [6.45, 7) is 5.71. The van der Waals surface area contributed by atoms with Gasteiger partial charge in [0.15, 0.2) is 0 Å². The smallest absolute Gasteiger partial charge is 0.222 e. The first-order chi connectivity index (χ1) is 15.3. The number of ether oxygens (including phenoxy) is 4. The first kappa shape index (κ1) is 27.3. The van der Waals surface area contributed by atoms with E-state index >= 15 is 0 Å². The fraction of sp³-hybridized carbons (Fsp3) is 0.833. The van der Waals surface area contributed by atoms with Crippen LogP contribution in [-0.2, 0) is 36.8 Å². The molecule has 0 spiro atoms. The minimum atomic E-state index is -0.564. The number of nitrogens with two attached hydrogens (primary N) is 1. The summed E-state index contributed by atoms with van der Waals surface area (Å²) < 4.78 is 35.2. The summed E-state index contributed by atoms with van der Waals surface area (Å²) in [5.74, 6) is 4.98. The Morgan fingerprint density at radius 3 is 2.26 bits per heavy atom. The van der Waals surface area contributed by atoms with Crippen molar-refractivity contribution in [1.82, 2.24) is 31.1 Å². The number of carbonyl (C=O) groups is 1. The molecule has 180 valence electrons. The van der Waals surface area contributed by atoms with Crippen LogP contribution in [0.5, 0.6) is 0 Å². The Bertz CT molecular complexity index is 553. The Labute approximate surface area is 182 Å². The van der Waals surface area contributed by atoms with Crippen LogP contribution < -0.4 is 21.9 Å². The molecule has 1 rings (SSSR count). The lowest BCUT2D eigenvalue weighted by molar-refractivity contribution is -0.122. The lowest BCUT2D eigenvalue weighted by Crippen LogP contribution is -2.31. The molecule has 0 saturated carbocycles. The van der Waals surface area contributed by atoms with Crippen molar-refractivity contribution in [3.05, 3.63) is 11.9 Å². The molecular formula is C18H36FN7O5. The van der Waals surface area contributed by atoms with Crippen molar-refractivity contribution < 1.29 is 28.1 Å².